The Kier molecular flexibility index (Phi) is 5.98. The fourth-order valence-corrected chi connectivity index (χ4v) is 3.89. The number of hydrogen-bond donors (Lipinski definition) is 0. The van der Waals surface area contributed by atoms with Crippen LogP contribution in [-0.4, -0.2) is 32.2 Å². The molecule has 0 saturated carbocycles. The topological polar surface area (TPSA) is 0 Å². The zero-order valence-electron chi connectivity index (χ0n) is 14.3. The molecule has 0 aliphatic carbocycles. The molecule has 2 aromatic carbocycles. The second-order valence-electron chi connectivity index (χ2n) is 7.02. The van der Waals surface area contributed by atoms with Gasteiger partial charge in [0, 0.05) is 16.2 Å². The van der Waals surface area contributed by atoms with Crippen LogP contribution in [0, 0.1) is 6.92 Å². The van der Waals surface area contributed by atoms with E-state index in [1.807, 2.05) is 11.8 Å². The Balaban J connectivity index is 0.00000192. The maximum absolute atomic E-state index is 2.43. The largest absolute Gasteiger partial charge is 1.00 e. The Bertz CT molecular complexity index is 729. The zero-order chi connectivity index (χ0) is 15.7. The summed E-state index contributed by atoms with van der Waals surface area (Å²) >= 11 is 1.89. The molecule has 0 aromatic heterocycles. The van der Waals surface area contributed by atoms with Crippen LogP contribution in [0.25, 0.3) is 5.57 Å². The highest BCUT2D eigenvalue weighted by atomic mass is 127. The van der Waals surface area contributed by atoms with Gasteiger partial charge in [-0.1, -0.05) is 53.7 Å². The van der Waals surface area contributed by atoms with Crippen molar-refractivity contribution in [2.24, 2.45) is 0 Å². The highest BCUT2D eigenvalue weighted by Gasteiger charge is 2.20. The van der Waals surface area contributed by atoms with Crippen LogP contribution in [0.5, 0.6) is 0 Å². The van der Waals surface area contributed by atoms with E-state index in [0.29, 0.717) is 0 Å². The predicted molar refractivity (Wildman–Crippen MR) is 96.3 cm³/mol. The summed E-state index contributed by atoms with van der Waals surface area (Å²) in [5.41, 5.74) is 5.51. The van der Waals surface area contributed by atoms with Crippen molar-refractivity contribution in [3.05, 3.63) is 65.2 Å². The first kappa shape index (κ1) is 18.6. The van der Waals surface area contributed by atoms with Gasteiger partial charge in [0.05, 0.1) is 27.7 Å². The van der Waals surface area contributed by atoms with E-state index in [4.69, 9.17) is 0 Å². The van der Waals surface area contributed by atoms with Crippen LogP contribution in [0.15, 0.2) is 58.3 Å². The van der Waals surface area contributed by atoms with Crippen molar-refractivity contribution in [3.63, 3.8) is 0 Å². The Morgan fingerprint density at radius 3 is 2.39 bits per heavy atom. The molecule has 1 aliphatic heterocycles. The monoisotopic (exact) mass is 437 g/mol. The molecule has 2 aromatic rings. The van der Waals surface area contributed by atoms with E-state index in [-0.39, 0.29) is 24.0 Å². The number of halogens is 1. The van der Waals surface area contributed by atoms with Gasteiger partial charge < -0.3 is 28.5 Å². The number of fused-ring (bicyclic) bond motifs is 2. The molecule has 3 rings (SSSR count). The van der Waals surface area contributed by atoms with E-state index in [2.05, 4.69) is 76.6 Å². The lowest BCUT2D eigenvalue weighted by Gasteiger charge is -2.25. The van der Waals surface area contributed by atoms with E-state index < -0.39 is 0 Å². The Hall–Kier alpha value is -0.780. The van der Waals surface area contributed by atoms with Crippen LogP contribution < -0.4 is 24.0 Å². The molecule has 0 atom stereocenters. The fourth-order valence-electron chi connectivity index (χ4n) is 2.80. The molecule has 0 fully saturated rings. The van der Waals surface area contributed by atoms with Gasteiger partial charge in [-0.15, -0.1) is 0 Å². The maximum Gasteiger partial charge on any atom is 0.0815 e. The van der Waals surface area contributed by atoms with Gasteiger partial charge in [-0.05, 0) is 35.8 Å². The Labute approximate surface area is 161 Å². The highest BCUT2D eigenvalue weighted by molar-refractivity contribution is 7.99. The number of hydrogen-bond acceptors (Lipinski definition) is 1. The molecule has 122 valence electrons. The Morgan fingerprint density at radius 2 is 1.65 bits per heavy atom. The molecule has 0 bridgehead atoms. The van der Waals surface area contributed by atoms with Gasteiger partial charge in [-0.3, -0.25) is 0 Å². The zero-order valence-corrected chi connectivity index (χ0v) is 17.2. The van der Waals surface area contributed by atoms with E-state index in [9.17, 15) is 0 Å². The Morgan fingerprint density at radius 1 is 0.957 bits per heavy atom. The molecule has 0 radical (unpaired) electrons. The van der Waals surface area contributed by atoms with Gasteiger partial charge in [-0.25, -0.2) is 0 Å². The van der Waals surface area contributed by atoms with Crippen molar-refractivity contribution in [2.45, 2.75) is 23.1 Å². The first-order chi connectivity index (χ1) is 10.4. The molecule has 1 aliphatic rings. The summed E-state index contributed by atoms with van der Waals surface area (Å²) in [5.74, 6) is 0. The van der Waals surface area contributed by atoms with E-state index in [0.717, 1.165) is 17.4 Å². The van der Waals surface area contributed by atoms with Gasteiger partial charge in [0.25, 0.3) is 0 Å². The first-order valence-electron chi connectivity index (χ1n) is 7.83. The molecule has 0 unspecified atom stereocenters. The molecular weight excluding hydrogens is 413 g/mol. The minimum absolute atomic E-state index is 0. The number of rotatable bonds is 3. The lowest BCUT2D eigenvalue weighted by Crippen LogP contribution is -3.00. The lowest BCUT2D eigenvalue weighted by molar-refractivity contribution is -0.869. The van der Waals surface area contributed by atoms with Gasteiger partial charge in [-0.2, -0.15) is 0 Å². The molecular formula is C20H24INS. The molecule has 0 N–H and O–H groups in total. The van der Waals surface area contributed by atoms with Gasteiger partial charge >= 0.3 is 0 Å². The number of aryl methyl sites for hydroxylation is 1. The van der Waals surface area contributed by atoms with Crippen LogP contribution in [0.1, 0.15) is 23.1 Å². The van der Waals surface area contributed by atoms with Crippen molar-refractivity contribution >= 4 is 17.3 Å². The van der Waals surface area contributed by atoms with Crippen molar-refractivity contribution < 1.29 is 28.5 Å². The van der Waals surface area contributed by atoms with Crippen LogP contribution in [-0.2, 0) is 0 Å². The van der Waals surface area contributed by atoms with Crippen LogP contribution in [0.3, 0.4) is 0 Å². The predicted octanol–water partition coefficient (Wildman–Crippen LogP) is 1.99. The molecule has 3 heteroatoms. The van der Waals surface area contributed by atoms with Gasteiger partial charge in [0.2, 0.25) is 0 Å². The highest BCUT2D eigenvalue weighted by Crippen LogP contribution is 2.45. The quantitative estimate of drug-likeness (QED) is 0.446. The fraction of sp³-hybridized carbons (Fsp3) is 0.300. The third kappa shape index (κ3) is 4.40. The second-order valence-corrected chi connectivity index (χ2v) is 8.10. The smallest absolute Gasteiger partial charge is 0.0815 e. The third-order valence-electron chi connectivity index (χ3n) is 3.97. The van der Waals surface area contributed by atoms with Crippen molar-refractivity contribution in [1.82, 2.24) is 0 Å². The van der Waals surface area contributed by atoms with E-state index in [1.54, 1.807) is 0 Å². The minimum Gasteiger partial charge on any atom is -1.00 e. The van der Waals surface area contributed by atoms with Crippen LogP contribution in [0.4, 0.5) is 0 Å². The number of benzene rings is 2. The van der Waals surface area contributed by atoms with E-state index >= 15 is 0 Å². The normalized spacial score (nSPS) is 14.9. The van der Waals surface area contributed by atoms with Crippen molar-refractivity contribution in [2.75, 3.05) is 27.7 Å². The molecule has 1 nitrogen and oxygen atoms in total. The lowest BCUT2D eigenvalue weighted by atomic mass is 9.95. The standard InChI is InChI=1S/C20H24NS.HI/c1-15-11-12-20-18(14-15)16(9-7-13-21(2,3)4)17-8-5-6-10-19(17)22-20;/h5-6,8-12,14H,7,13H2,1-4H3;1H/q+1;/p-1/b16-9+;. The number of nitrogens with zero attached hydrogens (tertiary/aromatic N) is 1. The van der Waals surface area contributed by atoms with E-state index in [1.165, 1.54) is 32.1 Å². The van der Waals surface area contributed by atoms with Crippen molar-refractivity contribution in [1.29, 1.82) is 0 Å². The average Bonchev–Trinajstić information content (AvgIpc) is 2.46. The van der Waals surface area contributed by atoms with Crippen molar-refractivity contribution in [3.8, 4) is 0 Å². The molecule has 23 heavy (non-hydrogen) atoms. The third-order valence-corrected chi connectivity index (χ3v) is 5.12. The average molecular weight is 437 g/mol. The molecule has 0 spiro atoms. The SMILES string of the molecule is Cc1ccc2c(c1)/C(=C/CC[N+](C)(C)C)c1ccccc1S2.[I-]. The number of quaternary nitrogens is 1. The minimum atomic E-state index is 0. The van der Waals surface area contributed by atoms with Crippen LogP contribution >= 0.6 is 11.8 Å². The van der Waals surface area contributed by atoms with Crippen LogP contribution in [0.2, 0.25) is 0 Å². The molecule has 0 amide bonds. The second kappa shape index (κ2) is 7.41. The maximum atomic E-state index is 2.43. The summed E-state index contributed by atoms with van der Waals surface area (Å²) in [6, 6.07) is 15.6. The van der Waals surface area contributed by atoms with Gasteiger partial charge in [0.1, 0.15) is 0 Å². The molecule has 1 heterocycles. The van der Waals surface area contributed by atoms with Gasteiger partial charge in [0.15, 0.2) is 0 Å². The summed E-state index contributed by atoms with van der Waals surface area (Å²) in [4.78, 5) is 2.75. The summed E-state index contributed by atoms with van der Waals surface area (Å²) < 4.78 is 1.00. The summed E-state index contributed by atoms with van der Waals surface area (Å²) in [5, 5.41) is 0. The summed E-state index contributed by atoms with van der Waals surface area (Å²) in [7, 11) is 6.75. The molecule has 0 saturated heterocycles. The first-order valence-corrected chi connectivity index (χ1v) is 8.64. The summed E-state index contributed by atoms with van der Waals surface area (Å²) in [6.45, 7) is 3.33. The summed E-state index contributed by atoms with van der Waals surface area (Å²) in [6.07, 6.45) is 3.53.